The molecule has 3 aromatic rings. The lowest BCUT2D eigenvalue weighted by atomic mass is 10.1. The molecule has 0 atom stereocenters. The Morgan fingerprint density at radius 3 is 2.59 bits per heavy atom. The van der Waals surface area contributed by atoms with Gasteiger partial charge in [0.1, 0.15) is 17.3 Å². The zero-order valence-corrected chi connectivity index (χ0v) is 15.6. The van der Waals surface area contributed by atoms with Crippen LogP contribution in [0.1, 0.15) is 27.2 Å². The van der Waals surface area contributed by atoms with Crippen molar-refractivity contribution in [3.63, 3.8) is 0 Å². The van der Waals surface area contributed by atoms with Gasteiger partial charge in [-0.3, -0.25) is 4.79 Å². The first kappa shape index (κ1) is 18.4. The van der Waals surface area contributed by atoms with Crippen LogP contribution in [-0.4, -0.2) is 23.0 Å². The molecule has 0 aliphatic heterocycles. The van der Waals surface area contributed by atoms with E-state index in [9.17, 15) is 4.79 Å². The summed E-state index contributed by atoms with van der Waals surface area (Å²) in [5.74, 6) is 1.04. The highest BCUT2D eigenvalue weighted by Crippen LogP contribution is 2.21. The maximum absolute atomic E-state index is 12.3. The van der Waals surface area contributed by atoms with Crippen molar-refractivity contribution in [3.05, 3.63) is 77.2 Å². The summed E-state index contributed by atoms with van der Waals surface area (Å²) in [7, 11) is 1.60. The predicted molar refractivity (Wildman–Crippen MR) is 105 cm³/mol. The summed E-state index contributed by atoms with van der Waals surface area (Å²) < 4.78 is 5.29. The van der Waals surface area contributed by atoms with Gasteiger partial charge in [0.25, 0.3) is 5.91 Å². The van der Waals surface area contributed by atoms with E-state index in [0.717, 1.165) is 22.6 Å². The van der Waals surface area contributed by atoms with Crippen LogP contribution in [0.4, 0.5) is 11.5 Å². The second kappa shape index (κ2) is 8.31. The number of methoxy groups -OCH3 is 1. The molecule has 6 heteroatoms. The van der Waals surface area contributed by atoms with E-state index < -0.39 is 0 Å². The van der Waals surface area contributed by atoms with Gasteiger partial charge in [0.15, 0.2) is 0 Å². The quantitative estimate of drug-likeness (QED) is 0.698. The van der Waals surface area contributed by atoms with Crippen LogP contribution in [0.2, 0.25) is 0 Å². The Kier molecular flexibility index (Phi) is 5.66. The Balaban J connectivity index is 1.64. The van der Waals surface area contributed by atoms with Crippen LogP contribution in [0.5, 0.6) is 5.75 Å². The average Bonchev–Trinajstić information content (AvgIpc) is 2.70. The van der Waals surface area contributed by atoms with Crippen molar-refractivity contribution in [1.29, 1.82) is 0 Å². The topological polar surface area (TPSA) is 76.1 Å². The first-order valence-electron chi connectivity index (χ1n) is 8.64. The van der Waals surface area contributed by atoms with E-state index in [-0.39, 0.29) is 11.6 Å². The van der Waals surface area contributed by atoms with E-state index in [2.05, 4.69) is 33.6 Å². The first-order chi connectivity index (χ1) is 13.1. The summed E-state index contributed by atoms with van der Waals surface area (Å²) in [4.78, 5) is 20.8. The number of nitrogens with one attached hydrogen (secondary N) is 2. The molecule has 0 aliphatic rings. The zero-order valence-electron chi connectivity index (χ0n) is 15.6. The molecule has 0 saturated heterocycles. The minimum absolute atomic E-state index is 0.261. The van der Waals surface area contributed by atoms with E-state index in [4.69, 9.17) is 4.74 Å². The fourth-order valence-corrected chi connectivity index (χ4v) is 2.65. The van der Waals surface area contributed by atoms with Crippen LogP contribution >= 0.6 is 0 Å². The third kappa shape index (κ3) is 4.41. The number of hydrogen-bond acceptors (Lipinski definition) is 5. The fourth-order valence-electron chi connectivity index (χ4n) is 2.65. The molecule has 0 radical (unpaired) electrons. The molecular weight excluding hydrogens is 340 g/mol. The van der Waals surface area contributed by atoms with E-state index in [1.807, 2.05) is 43.3 Å². The van der Waals surface area contributed by atoms with Crippen LogP contribution in [0.3, 0.4) is 0 Å². The summed E-state index contributed by atoms with van der Waals surface area (Å²) in [6, 6.07) is 13.6. The number of rotatable bonds is 6. The van der Waals surface area contributed by atoms with Gasteiger partial charge in [-0.15, -0.1) is 0 Å². The van der Waals surface area contributed by atoms with Crippen LogP contribution in [0, 0.1) is 13.8 Å². The highest BCUT2D eigenvalue weighted by molar-refractivity contribution is 5.92. The minimum atomic E-state index is -0.285. The van der Waals surface area contributed by atoms with Gasteiger partial charge in [-0.2, -0.15) is 0 Å². The highest BCUT2D eigenvalue weighted by Gasteiger charge is 2.10. The summed E-state index contributed by atoms with van der Waals surface area (Å²) in [6.45, 7) is 4.46. The van der Waals surface area contributed by atoms with Gasteiger partial charge in [0.05, 0.1) is 19.5 Å². The van der Waals surface area contributed by atoms with Crippen molar-refractivity contribution in [1.82, 2.24) is 15.3 Å². The molecule has 0 spiro atoms. The standard InChI is InChI=1S/C21H22N4O2/c1-14-7-6-9-17(15(14)2)25-20-13-22-18(12-23-20)21(26)24-11-16-8-4-5-10-19(16)27-3/h4-10,12-13H,11H2,1-3H3,(H,23,25)(H,24,26). The number of amides is 1. The Labute approximate surface area is 158 Å². The molecule has 2 N–H and O–H groups in total. The van der Waals surface area contributed by atoms with Crippen molar-refractivity contribution < 1.29 is 9.53 Å². The molecule has 27 heavy (non-hydrogen) atoms. The second-order valence-electron chi connectivity index (χ2n) is 6.15. The number of aryl methyl sites for hydroxylation is 1. The lowest BCUT2D eigenvalue weighted by Gasteiger charge is -2.11. The average molecular weight is 362 g/mol. The Morgan fingerprint density at radius 1 is 1.04 bits per heavy atom. The molecule has 0 aliphatic carbocycles. The molecule has 138 valence electrons. The van der Waals surface area contributed by atoms with Gasteiger partial charge in [-0.05, 0) is 37.1 Å². The normalized spacial score (nSPS) is 10.3. The number of aromatic nitrogens is 2. The number of benzene rings is 2. The number of para-hydroxylation sites is 1. The molecule has 1 amide bonds. The van der Waals surface area contributed by atoms with E-state index in [1.165, 1.54) is 11.8 Å². The SMILES string of the molecule is COc1ccccc1CNC(=O)c1cnc(Nc2cccc(C)c2C)cn1. The smallest absolute Gasteiger partial charge is 0.271 e. The Hall–Kier alpha value is -3.41. The molecular formula is C21H22N4O2. The van der Waals surface area contributed by atoms with Crippen molar-refractivity contribution in [2.45, 2.75) is 20.4 Å². The lowest BCUT2D eigenvalue weighted by molar-refractivity contribution is 0.0945. The molecule has 1 heterocycles. The number of anilines is 2. The van der Waals surface area contributed by atoms with E-state index in [1.54, 1.807) is 13.3 Å². The largest absolute Gasteiger partial charge is 0.496 e. The van der Waals surface area contributed by atoms with Crippen LogP contribution in [0.15, 0.2) is 54.9 Å². The van der Waals surface area contributed by atoms with Gasteiger partial charge in [0, 0.05) is 17.8 Å². The lowest BCUT2D eigenvalue weighted by Crippen LogP contribution is -2.24. The molecule has 0 saturated carbocycles. The van der Waals surface area contributed by atoms with Crippen LogP contribution in [0.25, 0.3) is 0 Å². The Bertz CT molecular complexity index is 939. The highest BCUT2D eigenvalue weighted by atomic mass is 16.5. The summed E-state index contributed by atoms with van der Waals surface area (Å²) in [6.07, 6.45) is 3.02. The number of ether oxygens (including phenoxy) is 1. The third-order valence-corrected chi connectivity index (χ3v) is 4.38. The number of nitrogens with zero attached hydrogens (tertiary/aromatic N) is 2. The first-order valence-corrected chi connectivity index (χ1v) is 8.64. The second-order valence-corrected chi connectivity index (χ2v) is 6.15. The maximum atomic E-state index is 12.3. The zero-order chi connectivity index (χ0) is 19.2. The number of carbonyl (C=O) groups excluding carboxylic acids is 1. The monoisotopic (exact) mass is 362 g/mol. The van der Waals surface area contributed by atoms with Gasteiger partial charge in [-0.1, -0.05) is 30.3 Å². The van der Waals surface area contributed by atoms with E-state index >= 15 is 0 Å². The van der Waals surface area contributed by atoms with Gasteiger partial charge >= 0.3 is 0 Å². The fraction of sp³-hybridized carbons (Fsp3) is 0.190. The van der Waals surface area contributed by atoms with Gasteiger partial charge in [-0.25, -0.2) is 9.97 Å². The predicted octanol–water partition coefficient (Wildman–Crippen LogP) is 3.78. The van der Waals surface area contributed by atoms with Gasteiger partial charge in [0.2, 0.25) is 0 Å². The minimum Gasteiger partial charge on any atom is -0.496 e. The molecule has 6 nitrogen and oxygen atoms in total. The molecule has 0 unspecified atom stereocenters. The van der Waals surface area contributed by atoms with Crippen molar-refractivity contribution in [3.8, 4) is 5.75 Å². The van der Waals surface area contributed by atoms with Crippen LogP contribution < -0.4 is 15.4 Å². The van der Waals surface area contributed by atoms with Crippen LogP contribution in [-0.2, 0) is 6.54 Å². The third-order valence-electron chi connectivity index (χ3n) is 4.38. The number of hydrogen-bond donors (Lipinski definition) is 2. The maximum Gasteiger partial charge on any atom is 0.271 e. The number of carbonyl (C=O) groups is 1. The van der Waals surface area contributed by atoms with Crippen molar-refractivity contribution in [2.24, 2.45) is 0 Å². The summed E-state index contributed by atoms with van der Waals surface area (Å²) in [5.41, 5.74) is 4.47. The molecule has 0 fully saturated rings. The molecule has 3 rings (SSSR count). The van der Waals surface area contributed by atoms with E-state index in [0.29, 0.717) is 12.4 Å². The van der Waals surface area contributed by atoms with Crippen molar-refractivity contribution >= 4 is 17.4 Å². The van der Waals surface area contributed by atoms with Gasteiger partial charge < -0.3 is 15.4 Å². The molecule has 0 bridgehead atoms. The Morgan fingerprint density at radius 2 is 1.85 bits per heavy atom. The molecule has 2 aromatic carbocycles. The molecule has 1 aromatic heterocycles. The summed E-state index contributed by atoms with van der Waals surface area (Å²) >= 11 is 0. The van der Waals surface area contributed by atoms with Crippen molar-refractivity contribution in [2.75, 3.05) is 12.4 Å². The summed E-state index contributed by atoms with van der Waals surface area (Å²) in [5, 5.41) is 6.06.